The van der Waals surface area contributed by atoms with Crippen molar-refractivity contribution in [2.24, 2.45) is 0 Å². The fourth-order valence-electron chi connectivity index (χ4n) is 1.65. The number of benzene rings is 1. The van der Waals surface area contributed by atoms with E-state index in [0.29, 0.717) is 23.1 Å². The van der Waals surface area contributed by atoms with Crippen molar-refractivity contribution in [3.63, 3.8) is 0 Å². The third-order valence-corrected chi connectivity index (χ3v) is 3.20. The molecule has 0 atom stereocenters. The number of halogens is 2. The maximum atomic E-state index is 11.8. The second-order valence-electron chi connectivity index (χ2n) is 3.73. The summed E-state index contributed by atoms with van der Waals surface area (Å²) in [6.45, 7) is 3.06. The molecule has 1 heterocycles. The third-order valence-electron chi connectivity index (χ3n) is 2.61. The lowest BCUT2D eigenvalue weighted by molar-refractivity contribution is 0.668. The van der Waals surface area contributed by atoms with Crippen LogP contribution in [-0.4, -0.2) is 9.13 Å². The zero-order valence-electron chi connectivity index (χ0n) is 9.36. The lowest BCUT2D eigenvalue weighted by Gasteiger charge is -2.05. The molecule has 0 fully saturated rings. The van der Waals surface area contributed by atoms with Crippen LogP contribution >= 0.6 is 23.2 Å². The number of aryl methyl sites for hydroxylation is 1. The lowest BCUT2D eigenvalue weighted by atomic mass is 10.2. The van der Waals surface area contributed by atoms with Crippen LogP contribution in [0.4, 0.5) is 0 Å². The Bertz CT molecular complexity index is 586. The molecule has 5 heteroatoms. The topological polar surface area (TPSA) is 26.9 Å². The molecule has 0 spiro atoms. The number of aromatic nitrogens is 2. The second-order valence-corrected chi connectivity index (χ2v) is 4.57. The molecule has 1 aromatic carbocycles. The Kier molecular flexibility index (Phi) is 3.60. The fraction of sp³-hybridized carbons (Fsp3) is 0.250. The summed E-state index contributed by atoms with van der Waals surface area (Å²) in [4.78, 5) is 11.8. The van der Waals surface area contributed by atoms with Crippen LogP contribution in [0, 0.1) is 0 Å². The fourth-order valence-corrected chi connectivity index (χ4v) is 2.12. The summed E-state index contributed by atoms with van der Waals surface area (Å²) < 4.78 is 3.27. The van der Waals surface area contributed by atoms with E-state index in [9.17, 15) is 4.79 Å². The maximum Gasteiger partial charge on any atom is 0.328 e. The van der Waals surface area contributed by atoms with Crippen LogP contribution in [0.15, 0.2) is 35.4 Å². The van der Waals surface area contributed by atoms with Crippen LogP contribution in [-0.2, 0) is 13.1 Å². The SMILES string of the molecule is CCn1ccn(Cc2ccc(Cl)cc2Cl)c1=O. The molecule has 0 unspecified atom stereocenters. The van der Waals surface area contributed by atoms with Crippen molar-refractivity contribution in [1.29, 1.82) is 0 Å². The van der Waals surface area contributed by atoms with Crippen LogP contribution in [0.1, 0.15) is 12.5 Å². The zero-order chi connectivity index (χ0) is 12.4. The first-order valence-corrected chi connectivity index (χ1v) is 6.07. The molecule has 1 aromatic heterocycles. The van der Waals surface area contributed by atoms with Crippen molar-refractivity contribution in [3.8, 4) is 0 Å². The minimum atomic E-state index is -0.0292. The summed E-state index contributed by atoms with van der Waals surface area (Å²) in [6, 6.07) is 5.28. The highest BCUT2D eigenvalue weighted by molar-refractivity contribution is 6.35. The smallest absolute Gasteiger partial charge is 0.300 e. The first-order valence-electron chi connectivity index (χ1n) is 5.31. The molecule has 0 aliphatic carbocycles. The summed E-state index contributed by atoms with van der Waals surface area (Å²) in [5.41, 5.74) is 0.852. The molecule has 0 aliphatic heterocycles. The van der Waals surface area contributed by atoms with Gasteiger partial charge in [-0.2, -0.15) is 0 Å². The first kappa shape index (κ1) is 12.3. The van der Waals surface area contributed by atoms with E-state index in [1.807, 2.05) is 13.0 Å². The number of imidazole rings is 1. The van der Waals surface area contributed by atoms with Gasteiger partial charge in [0.1, 0.15) is 0 Å². The largest absolute Gasteiger partial charge is 0.328 e. The van der Waals surface area contributed by atoms with Gasteiger partial charge < -0.3 is 0 Å². The Morgan fingerprint density at radius 2 is 1.88 bits per heavy atom. The number of hydrogen-bond donors (Lipinski definition) is 0. The quantitative estimate of drug-likeness (QED) is 0.843. The highest BCUT2D eigenvalue weighted by atomic mass is 35.5. The van der Waals surface area contributed by atoms with Crippen molar-refractivity contribution < 1.29 is 0 Å². The summed E-state index contributed by atoms with van der Waals surface area (Å²) in [5, 5.41) is 1.17. The van der Waals surface area contributed by atoms with Crippen molar-refractivity contribution in [2.45, 2.75) is 20.0 Å². The number of hydrogen-bond acceptors (Lipinski definition) is 1. The monoisotopic (exact) mass is 270 g/mol. The standard InChI is InChI=1S/C12H12Cl2N2O/c1-2-15-5-6-16(12(15)17)8-9-3-4-10(13)7-11(9)14/h3-7H,2,8H2,1H3. The van der Waals surface area contributed by atoms with Crippen molar-refractivity contribution in [2.75, 3.05) is 0 Å². The van der Waals surface area contributed by atoms with Gasteiger partial charge in [0, 0.05) is 29.0 Å². The van der Waals surface area contributed by atoms with E-state index in [1.54, 1.807) is 33.7 Å². The molecular weight excluding hydrogens is 259 g/mol. The van der Waals surface area contributed by atoms with E-state index >= 15 is 0 Å². The van der Waals surface area contributed by atoms with Gasteiger partial charge >= 0.3 is 5.69 Å². The number of rotatable bonds is 3. The summed E-state index contributed by atoms with van der Waals surface area (Å²) >= 11 is 11.9. The Labute approximate surface area is 109 Å². The van der Waals surface area contributed by atoms with E-state index < -0.39 is 0 Å². The highest BCUT2D eigenvalue weighted by Crippen LogP contribution is 2.21. The van der Waals surface area contributed by atoms with E-state index in [4.69, 9.17) is 23.2 Å². The molecule has 0 radical (unpaired) electrons. The second kappa shape index (κ2) is 4.98. The normalized spacial score (nSPS) is 10.8. The van der Waals surface area contributed by atoms with Gasteiger partial charge in [0.2, 0.25) is 0 Å². The van der Waals surface area contributed by atoms with Crippen LogP contribution in [0.2, 0.25) is 10.0 Å². The van der Waals surface area contributed by atoms with Gasteiger partial charge in [-0.1, -0.05) is 29.3 Å². The molecule has 0 bridgehead atoms. The zero-order valence-corrected chi connectivity index (χ0v) is 10.9. The van der Waals surface area contributed by atoms with Crippen molar-refractivity contribution in [3.05, 3.63) is 56.7 Å². The van der Waals surface area contributed by atoms with Crippen molar-refractivity contribution in [1.82, 2.24) is 9.13 Å². The van der Waals surface area contributed by atoms with Crippen LogP contribution < -0.4 is 5.69 Å². The minimum Gasteiger partial charge on any atom is -0.300 e. The summed E-state index contributed by atoms with van der Waals surface area (Å²) in [5.74, 6) is 0. The van der Waals surface area contributed by atoms with Crippen LogP contribution in [0.3, 0.4) is 0 Å². The average Bonchev–Trinajstić information content (AvgIpc) is 2.64. The first-order chi connectivity index (χ1) is 8.11. The van der Waals surface area contributed by atoms with Gasteiger partial charge in [0.05, 0.1) is 6.54 Å². The highest BCUT2D eigenvalue weighted by Gasteiger charge is 2.05. The molecular formula is C12H12Cl2N2O. The third kappa shape index (κ3) is 2.56. The molecule has 2 aromatic rings. The Hall–Kier alpha value is -1.19. The van der Waals surface area contributed by atoms with E-state index in [0.717, 1.165) is 5.56 Å². The molecule has 0 amide bonds. The Balaban J connectivity index is 2.31. The predicted molar refractivity (Wildman–Crippen MR) is 69.9 cm³/mol. The Morgan fingerprint density at radius 1 is 1.18 bits per heavy atom. The molecule has 0 N–H and O–H groups in total. The Morgan fingerprint density at radius 3 is 2.47 bits per heavy atom. The molecule has 0 aliphatic rings. The summed E-state index contributed by atoms with van der Waals surface area (Å²) in [7, 11) is 0. The minimum absolute atomic E-state index is 0.0292. The van der Waals surface area contributed by atoms with E-state index in [2.05, 4.69) is 0 Å². The summed E-state index contributed by atoms with van der Waals surface area (Å²) in [6.07, 6.45) is 3.53. The lowest BCUT2D eigenvalue weighted by Crippen LogP contribution is -2.23. The van der Waals surface area contributed by atoms with Crippen LogP contribution in [0.5, 0.6) is 0 Å². The van der Waals surface area contributed by atoms with Crippen molar-refractivity contribution >= 4 is 23.2 Å². The van der Waals surface area contributed by atoms with Crippen LogP contribution in [0.25, 0.3) is 0 Å². The van der Waals surface area contributed by atoms with E-state index in [1.165, 1.54) is 0 Å². The van der Waals surface area contributed by atoms with Gasteiger partial charge in [-0.3, -0.25) is 9.13 Å². The number of nitrogens with zero attached hydrogens (tertiary/aromatic N) is 2. The molecule has 0 saturated heterocycles. The van der Waals surface area contributed by atoms with E-state index in [-0.39, 0.29) is 5.69 Å². The maximum absolute atomic E-state index is 11.8. The molecule has 0 saturated carbocycles. The van der Waals surface area contributed by atoms with Gasteiger partial charge in [0.25, 0.3) is 0 Å². The van der Waals surface area contributed by atoms with Gasteiger partial charge in [-0.05, 0) is 24.6 Å². The van der Waals surface area contributed by atoms with Gasteiger partial charge in [0.15, 0.2) is 0 Å². The molecule has 2 rings (SSSR count). The molecule has 90 valence electrons. The molecule has 17 heavy (non-hydrogen) atoms. The molecule has 3 nitrogen and oxygen atoms in total. The average molecular weight is 271 g/mol. The van der Waals surface area contributed by atoms with Gasteiger partial charge in [-0.25, -0.2) is 4.79 Å². The predicted octanol–water partition coefficient (Wildman–Crippen LogP) is 3.02. The van der Waals surface area contributed by atoms with Gasteiger partial charge in [-0.15, -0.1) is 0 Å².